The van der Waals surface area contributed by atoms with Gasteiger partial charge in [0.1, 0.15) is 9.84 Å². The SMILES string of the molecule is CC(C)(O)C1(N)CCS(=O)(=O)CC1. The van der Waals surface area contributed by atoms with Gasteiger partial charge in [0, 0.05) is 5.54 Å². The van der Waals surface area contributed by atoms with Crippen molar-refractivity contribution in [1.29, 1.82) is 0 Å². The van der Waals surface area contributed by atoms with Crippen molar-refractivity contribution >= 4 is 9.84 Å². The minimum Gasteiger partial charge on any atom is -0.389 e. The summed E-state index contributed by atoms with van der Waals surface area (Å²) in [5.74, 6) is 0.182. The lowest BCUT2D eigenvalue weighted by atomic mass is 9.78. The van der Waals surface area contributed by atoms with E-state index in [0.29, 0.717) is 12.8 Å². The second-order valence-electron chi connectivity index (χ2n) is 4.37. The average molecular weight is 207 g/mol. The van der Waals surface area contributed by atoms with Gasteiger partial charge in [-0.15, -0.1) is 0 Å². The van der Waals surface area contributed by atoms with Gasteiger partial charge in [-0.25, -0.2) is 8.42 Å². The first kappa shape index (κ1) is 10.9. The van der Waals surface area contributed by atoms with E-state index in [2.05, 4.69) is 0 Å². The van der Waals surface area contributed by atoms with Crippen molar-refractivity contribution in [3.05, 3.63) is 0 Å². The Morgan fingerprint density at radius 1 is 1.31 bits per heavy atom. The fourth-order valence-electron chi connectivity index (χ4n) is 1.51. The maximum Gasteiger partial charge on any atom is 0.150 e. The fourth-order valence-corrected chi connectivity index (χ4v) is 3.07. The van der Waals surface area contributed by atoms with Crippen LogP contribution in [0.1, 0.15) is 26.7 Å². The number of sulfone groups is 1. The Morgan fingerprint density at radius 2 is 1.69 bits per heavy atom. The van der Waals surface area contributed by atoms with Gasteiger partial charge < -0.3 is 10.8 Å². The Morgan fingerprint density at radius 3 is 2.00 bits per heavy atom. The van der Waals surface area contributed by atoms with Gasteiger partial charge in [-0.2, -0.15) is 0 Å². The number of hydrogen-bond donors (Lipinski definition) is 2. The molecule has 0 aliphatic carbocycles. The molecule has 0 radical (unpaired) electrons. The van der Waals surface area contributed by atoms with Crippen molar-refractivity contribution in [3.8, 4) is 0 Å². The van der Waals surface area contributed by atoms with Gasteiger partial charge in [0.2, 0.25) is 0 Å². The lowest BCUT2D eigenvalue weighted by Crippen LogP contribution is -2.60. The van der Waals surface area contributed by atoms with E-state index in [1.54, 1.807) is 13.8 Å². The highest BCUT2D eigenvalue weighted by molar-refractivity contribution is 7.91. The largest absolute Gasteiger partial charge is 0.389 e. The van der Waals surface area contributed by atoms with Crippen LogP contribution in [0.4, 0.5) is 0 Å². The van der Waals surface area contributed by atoms with Crippen LogP contribution in [0.3, 0.4) is 0 Å². The summed E-state index contributed by atoms with van der Waals surface area (Å²) in [5, 5.41) is 9.75. The normalized spacial score (nSPS) is 27.1. The topological polar surface area (TPSA) is 80.4 Å². The van der Waals surface area contributed by atoms with Gasteiger partial charge in [-0.1, -0.05) is 0 Å². The molecule has 3 N–H and O–H groups in total. The first-order chi connectivity index (χ1) is 5.66. The third kappa shape index (κ3) is 2.21. The number of rotatable bonds is 1. The van der Waals surface area contributed by atoms with E-state index >= 15 is 0 Å². The third-order valence-corrected chi connectivity index (χ3v) is 4.59. The molecule has 13 heavy (non-hydrogen) atoms. The van der Waals surface area contributed by atoms with Crippen LogP contribution in [0.5, 0.6) is 0 Å². The Bertz CT molecular complexity index is 275. The van der Waals surface area contributed by atoms with E-state index in [1.165, 1.54) is 0 Å². The summed E-state index contributed by atoms with van der Waals surface area (Å²) in [5.41, 5.74) is 4.18. The Balaban J connectivity index is 2.79. The van der Waals surface area contributed by atoms with Crippen LogP contribution in [0.25, 0.3) is 0 Å². The van der Waals surface area contributed by atoms with Crippen LogP contribution >= 0.6 is 0 Å². The molecule has 0 atom stereocenters. The van der Waals surface area contributed by atoms with Crippen LogP contribution in [0, 0.1) is 0 Å². The van der Waals surface area contributed by atoms with Crippen LogP contribution in [-0.4, -0.2) is 36.2 Å². The molecule has 0 aromatic heterocycles. The van der Waals surface area contributed by atoms with Gasteiger partial charge in [0.15, 0.2) is 0 Å². The Kier molecular flexibility index (Phi) is 2.47. The van der Waals surface area contributed by atoms with Crippen LogP contribution < -0.4 is 5.73 Å². The minimum absolute atomic E-state index is 0.0908. The zero-order valence-corrected chi connectivity index (χ0v) is 8.89. The van der Waals surface area contributed by atoms with Crippen LogP contribution in [0.15, 0.2) is 0 Å². The van der Waals surface area contributed by atoms with E-state index in [-0.39, 0.29) is 11.5 Å². The first-order valence-corrected chi connectivity index (χ1v) is 6.20. The summed E-state index contributed by atoms with van der Waals surface area (Å²) >= 11 is 0. The maximum absolute atomic E-state index is 11.1. The highest BCUT2D eigenvalue weighted by Gasteiger charge is 2.44. The highest BCUT2D eigenvalue weighted by atomic mass is 32.2. The fraction of sp³-hybridized carbons (Fsp3) is 1.00. The standard InChI is InChI=1S/C8H17NO3S/c1-7(2,10)8(9)3-5-13(11,12)6-4-8/h10H,3-6,9H2,1-2H3. The van der Waals surface area contributed by atoms with Crippen molar-refractivity contribution in [3.63, 3.8) is 0 Å². The molecule has 78 valence electrons. The summed E-state index contributed by atoms with van der Waals surface area (Å²) < 4.78 is 22.3. The van der Waals surface area contributed by atoms with Gasteiger partial charge >= 0.3 is 0 Å². The molecule has 1 fully saturated rings. The van der Waals surface area contributed by atoms with Gasteiger partial charge in [-0.3, -0.25) is 0 Å². The van der Waals surface area contributed by atoms with Crippen molar-refractivity contribution in [1.82, 2.24) is 0 Å². The van der Waals surface area contributed by atoms with Crippen molar-refractivity contribution in [2.75, 3.05) is 11.5 Å². The molecule has 1 aliphatic rings. The zero-order valence-electron chi connectivity index (χ0n) is 8.08. The minimum atomic E-state index is -2.91. The van der Waals surface area contributed by atoms with Gasteiger partial charge in [-0.05, 0) is 26.7 Å². The second kappa shape index (κ2) is 2.93. The van der Waals surface area contributed by atoms with E-state index in [4.69, 9.17) is 5.73 Å². The molecule has 5 heteroatoms. The lowest BCUT2D eigenvalue weighted by molar-refractivity contribution is -0.00746. The van der Waals surface area contributed by atoms with Crippen molar-refractivity contribution in [2.24, 2.45) is 5.73 Å². The smallest absolute Gasteiger partial charge is 0.150 e. The molecule has 1 aliphatic heterocycles. The molecule has 0 spiro atoms. The average Bonchev–Trinajstić information content (AvgIpc) is 1.94. The van der Waals surface area contributed by atoms with Crippen molar-refractivity contribution in [2.45, 2.75) is 37.8 Å². The van der Waals surface area contributed by atoms with Gasteiger partial charge in [0.25, 0.3) is 0 Å². The number of nitrogens with two attached hydrogens (primary N) is 1. The van der Waals surface area contributed by atoms with E-state index in [1.807, 2.05) is 0 Å². The Hall–Kier alpha value is -0.130. The maximum atomic E-state index is 11.1. The van der Waals surface area contributed by atoms with Gasteiger partial charge in [0.05, 0.1) is 17.1 Å². The summed E-state index contributed by atoms with van der Waals surface area (Å²) in [6.07, 6.45) is 0.692. The molecule has 1 heterocycles. The molecule has 0 amide bonds. The zero-order chi connectivity index (χ0) is 10.3. The van der Waals surface area contributed by atoms with Crippen LogP contribution in [0.2, 0.25) is 0 Å². The summed E-state index contributed by atoms with van der Waals surface area (Å²) in [6.45, 7) is 3.26. The molecule has 1 saturated heterocycles. The summed E-state index contributed by atoms with van der Waals surface area (Å²) in [6, 6.07) is 0. The third-order valence-electron chi connectivity index (χ3n) is 2.94. The van der Waals surface area contributed by atoms with E-state index in [9.17, 15) is 13.5 Å². The number of hydrogen-bond acceptors (Lipinski definition) is 4. The Labute approximate surface area is 79.0 Å². The number of aliphatic hydroxyl groups is 1. The molecule has 4 nitrogen and oxygen atoms in total. The molecule has 0 unspecified atom stereocenters. The molecular weight excluding hydrogens is 190 g/mol. The molecule has 0 aromatic carbocycles. The van der Waals surface area contributed by atoms with E-state index in [0.717, 1.165) is 0 Å². The summed E-state index contributed by atoms with van der Waals surface area (Å²) in [7, 11) is -2.91. The molecule has 0 bridgehead atoms. The monoisotopic (exact) mass is 207 g/mol. The van der Waals surface area contributed by atoms with Crippen LogP contribution in [-0.2, 0) is 9.84 Å². The molecule has 0 aromatic rings. The van der Waals surface area contributed by atoms with E-state index < -0.39 is 21.0 Å². The predicted molar refractivity (Wildman–Crippen MR) is 51.1 cm³/mol. The second-order valence-corrected chi connectivity index (χ2v) is 6.67. The summed E-state index contributed by atoms with van der Waals surface area (Å²) in [4.78, 5) is 0. The quantitative estimate of drug-likeness (QED) is 0.616. The van der Waals surface area contributed by atoms with Crippen molar-refractivity contribution < 1.29 is 13.5 Å². The molecule has 1 rings (SSSR count). The first-order valence-electron chi connectivity index (χ1n) is 4.38. The predicted octanol–water partition coefficient (Wildman–Crippen LogP) is -0.337. The molecule has 0 saturated carbocycles. The molecular formula is C8H17NO3S. The lowest BCUT2D eigenvalue weighted by Gasteiger charge is -2.42. The highest BCUT2D eigenvalue weighted by Crippen LogP contribution is 2.31.